The first-order chi connectivity index (χ1) is 6.02. The van der Waals surface area contributed by atoms with Crippen LogP contribution in [0.5, 0.6) is 0 Å². The zero-order valence-corrected chi connectivity index (χ0v) is 8.63. The van der Waals surface area contributed by atoms with Crippen LogP contribution in [0.3, 0.4) is 0 Å². The van der Waals surface area contributed by atoms with E-state index in [-0.39, 0.29) is 5.82 Å². The molecule has 0 bridgehead atoms. The second-order valence-electron chi connectivity index (χ2n) is 3.76. The molecule has 0 radical (unpaired) electrons. The summed E-state index contributed by atoms with van der Waals surface area (Å²) >= 11 is 0. The molecule has 0 atom stereocenters. The summed E-state index contributed by atoms with van der Waals surface area (Å²) < 4.78 is 13.2. The SMILES string of the molecule is CC(C)c1ccc(F)c(N(C)C)c1. The van der Waals surface area contributed by atoms with Crippen molar-refractivity contribution in [2.75, 3.05) is 19.0 Å². The van der Waals surface area contributed by atoms with E-state index in [1.54, 1.807) is 4.90 Å². The first-order valence-electron chi connectivity index (χ1n) is 4.49. The van der Waals surface area contributed by atoms with Crippen LogP contribution in [-0.2, 0) is 0 Å². The Balaban J connectivity index is 3.11. The van der Waals surface area contributed by atoms with Crippen molar-refractivity contribution in [1.29, 1.82) is 0 Å². The van der Waals surface area contributed by atoms with Gasteiger partial charge in [-0.2, -0.15) is 0 Å². The standard InChI is InChI=1S/C11H16FN/c1-8(2)9-5-6-10(12)11(7-9)13(3)4/h5-8H,1-4H3. The van der Waals surface area contributed by atoms with Gasteiger partial charge in [-0.05, 0) is 23.6 Å². The van der Waals surface area contributed by atoms with Gasteiger partial charge in [-0.3, -0.25) is 0 Å². The van der Waals surface area contributed by atoms with Crippen LogP contribution in [-0.4, -0.2) is 14.1 Å². The van der Waals surface area contributed by atoms with Gasteiger partial charge in [0.2, 0.25) is 0 Å². The molecule has 1 rings (SSSR count). The summed E-state index contributed by atoms with van der Waals surface area (Å²) in [5.41, 5.74) is 1.83. The maximum atomic E-state index is 13.2. The molecular formula is C11H16FN. The van der Waals surface area contributed by atoms with E-state index in [0.717, 1.165) is 0 Å². The Kier molecular flexibility index (Phi) is 2.91. The lowest BCUT2D eigenvalue weighted by Gasteiger charge is -2.15. The highest BCUT2D eigenvalue weighted by atomic mass is 19.1. The molecule has 0 heterocycles. The van der Waals surface area contributed by atoms with Crippen LogP contribution in [0.2, 0.25) is 0 Å². The van der Waals surface area contributed by atoms with E-state index in [2.05, 4.69) is 13.8 Å². The first-order valence-corrected chi connectivity index (χ1v) is 4.49. The normalized spacial score (nSPS) is 10.6. The predicted molar refractivity (Wildman–Crippen MR) is 54.8 cm³/mol. The Morgan fingerprint density at radius 3 is 2.31 bits per heavy atom. The number of nitrogens with zero attached hydrogens (tertiary/aromatic N) is 1. The third kappa shape index (κ3) is 2.20. The molecule has 13 heavy (non-hydrogen) atoms. The molecule has 0 aliphatic carbocycles. The quantitative estimate of drug-likeness (QED) is 0.678. The third-order valence-corrected chi connectivity index (χ3v) is 2.12. The van der Waals surface area contributed by atoms with Crippen LogP contribution >= 0.6 is 0 Å². The van der Waals surface area contributed by atoms with Crippen molar-refractivity contribution in [3.63, 3.8) is 0 Å². The van der Waals surface area contributed by atoms with E-state index >= 15 is 0 Å². The molecule has 2 heteroatoms. The summed E-state index contributed by atoms with van der Waals surface area (Å²) in [4.78, 5) is 1.79. The minimum atomic E-state index is -0.158. The summed E-state index contributed by atoms with van der Waals surface area (Å²) in [6.07, 6.45) is 0. The van der Waals surface area contributed by atoms with Gasteiger partial charge in [-0.1, -0.05) is 19.9 Å². The van der Waals surface area contributed by atoms with E-state index in [4.69, 9.17) is 0 Å². The molecule has 0 unspecified atom stereocenters. The molecule has 0 saturated carbocycles. The number of halogens is 1. The zero-order valence-electron chi connectivity index (χ0n) is 8.63. The Morgan fingerprint density at radius 1 is 1.23 bits per heavy atom. The van der Waals surface area contributed by atoms with Crippen molar-refractivity contribution >= 4 is 5.69 Å². The molecular weight excluding hydrogens is 165 g/mol. The van der Waals surface area contributed by atoms with Crippen molar-refractivity contribution in [3.8, 4) is 0 Å². The molecule has 72 valence electrons. The molecule has 1 nitrogen and oxygen atoms in total. The van der Waals surface area contributed by atoms with Crippen LogP contribution in [0, 0.1) is 5.82 Å². The van der Waals surface area contributed by atoms with Gasteiger partial charge in [-0.15, -0.1) is 0 Å². The van der Waals surface area contributed by atoms with Crippen molar-refractivity contribution in [2.24, 2.45) is 0 Å². The average Bonchev–Trinajstić information content (AvgIpc) is 2.04. The fourth-order valence-electron chi connectivity index (χ4n) is 1.23. The van der Waals surface area contributed by atoms with Gasteiger partial charge in [-0.25, -0.2) is 4.39 Å². The number of anilines is 1. The zero-order chi connectivity index (χ0) is 10.0. The molecule has 1 aromatic rings. The molecule has 0 aromatic heterocycles. The van der Waals surface area contributed by atoms with Crippen LogP contribution in [0.15, 0.2) is 18.2 Å². The molecule has 0 N–H and O–H groups in total. The van der Waals surface area contributed by atoms with E-state index < -0.39 is 0 Å². The maximum Gasteiger partial charge on any atom is 0.146 e. The Labute approximate surface area is 79.2 Å². The largest absolute Gasteiger partial charge is 0.375 e. The average molecular weight is 181 g/mol. The lowest BCUT2D eigenvalue weighted by molar-refractivity contribution is 0.624. The van der Waals surface area contributed by atoms with Crippen molar-refractivity contribution in [2.45, 2.75) is 19.8 Å². The second kappa shape index (κ2) is 3.77. The van der Waals surface area contributed by atoms with Gasteiger partial charge in [0, 0.05) is 14.1 Å². The van der Waals surface area contributed by atoms with Gasteiger partial charge >= 0.3 is 0 Å². The highest BCUT2D eigenvalue weighted by molar-refractivity contribution is 5.49. The van der Waals surface area contributed by atoms with Crippen molar-refractivity contribution in [1.82, 2.24) is 0 Å². The number of rotatable bonds is 2. The topological polar surface area (TPSA) is 3.24 Å². The van der Waals surface area contributed by atoms with Crippen LogP contribution < -0.4 is 4.90 Å². The Hall–Kier alpha value is -1.05. The molecule has 0 amide bonds. The highest BCUT2D eigenvalue weighted by Gasteiger charge is 2.06. The second-order valence-corrected chi connectivity index (χ2v) is 3.76. The summed E-state index contributed by atoms with van der Waals surface area (Å²) in [6, 6.07) is 5.28. The molecule has 0 fully saturated rings. The Bertz CT molecular complexity index is 292. The van der Waals surface area contributed by atoms with Gasteiger partial charge in [0.25, 0.3) is 0 Å². The monoisotopic (exact) mass is 181 g/mol. The van der Waals surface area contributed by atoms with E-state index in [1.165, 1.54) is 11.6 Å². The third-order valence-electron chi connectivity index (χ3n) is 2.12. The molecule has 0 aliphatic heterocycles. The predicted octanol–water partition coefficient (Wildman–Crippen LogP) is 3.02. The minimum Gasteiger partial charge on any atom is -0.375 e. The first kappa shape index (κ1) is 10.0. The number of benzene rings is 1. The summed E-state index contributed by atoms with van der Waals surface area (Å²) in [5, 5.41) is 0. The fourth-order valence-corrected chi connectivity index (χ4v) is 1.23. The molecule has 0 spiro atoms. The molecule has 0 saturated heterocycles. The highest BCUT2D eigenvalue weighted by Crippen LogP contribution is 2.23. The molecule has 1 aromatic carbocycles. The minimum absolute atomic E-state index is 0.158. The van der Waals surface area contributed by atoms with Crippen molar-refractivity contribution in [3.05, 3.63) is 29.6 Å². The van der Waals surface area contributed by atoms with E-state index in [1.807, 2.05) is 26.2 Å². The summed E-state index contributed by atoms with van der Waals surface area (Å²) in [7, 11) is 3.70. The van der Waals surface area contributed by atoms with Crippen LogP contribution in [0.4, 0.5) is 10.1 Å². The van der Waals surface area contributed by atoms with Crippen LogP contribution in [0.1, 0.15) is 25.3 Å². The lowest BCUT2D eigenvalue weighted by atomic mass is 10.0. The summed E-state index contributed by atoms with van der Waals surface area (Å²) in [6.45, 7) is 4.21. The molecule has 0 aliphatic rings. The van der Waals surface area contributed by atoms with E-state index in [9.17, 15) is 4.39 Å². The van der Waals surface area contributed by atoms with Gasteiger partial charge in [0.1, 0.15) is 5.82 Å². The Morgan fingerprint density at radius 2 is 1.85 bits per heavy atom. The smallest absolute Gasteiger partial charge is 0.146 e. The van der Waals surface area contributed by atoms with Crippen molar-refractivity contribution < 1.29 is 4.39 Å². The number of hydrogen-bond donors (Lipinski definition) is 0. The fraction of sp³-hybridized carbons (Fsp3) is 0.455. The van der Waals surface area contributed by atoms with Gasteiger partial charge < -0.3 is 4.90 Å². The van der Waals surface area contributed by atoms with Gasteiger partial charge in [0.05, 0.1) is 5.69 Å². The van der Waals surface area contributed by atoms with Crippen LogP contribution in [0.25, 0.3) is 0 Å². The van der Waals surface area contributed by atoms with Gasteiger partial charge in [0.15, 0.2) is 0 Å². The van der Waals surface area contributed by atoms with E-state index in [0.29, 0.717) is 11.6 Å². The number of hydrogen-bond acceptors (Lipinski definition) is 1. The lowest BCUT2D eigenvalue weighted by Crippen LogP contribution is -2.11. The maximum absolute atomic E-state index is 13.2. The summed E-state index contributed by atoms with van der Waals surface area (Å²) in [5.74, 6) is 0.286.